The van der Waals surface area contributed by atoms with E-state index in [0.29, 0.717) is 17.2 Å². The lowest BCUT2D eigenvalue weighted by Gasteiger charge is -2.14. The number of para-hydroxylation sites is 1. The molecule has 33 heavy (non-hydrogen) atoms. The molecule has 0 bridgehead atoms. The van der Waals surface area contributed by atoms with E-state index in [-0.39, 0.29) is 18.1 Å². The van der Waals surface area contributed by atoms with Crippen molar-refractivity contribution in [2.45, 2.75) is 18.2 Å². The maximum atomic E-state index is 13.4. The van der Waals surface area contributed by atoms with Gasteiger partial charge in [0.2, 0.25) is 5.91 Å². The van der Waals surface area contributed by atoms with E-state index in [4.69, 9.17) is 4.74 Å². The molecule has 4 rings (SSSR count). The summed E-state index contributed by atoms with van der Waals surface area (Å²) in [6, 6.07) is 29.2. The maximum Gasteiger partial charge on any atom is 0.228 e. The molecule has 0 aliphatic carbocycles. The highest BCUT2D eigenvalue weighted by Crippen LogP contribution is 2.36. The number of anilines is 1. The summed E-state index contributed by atoms with van der Waals surface area (Å²) in [5.74, 6) is 1.86. The van der Waals surface area contributed by atoms with Crippen molar-refractivity contribution in [3.63, 3.8) is 0 Å². The van der Waals surface area contributed by atoms with Crippen molar-refractivity contribution >= 4 is 23.4 Å². The number of hydrogen-bond donors (Lipinski definition) is 1. The van der Waals surface area contributed by atoms with Crippen molar-refractivity contribution in [3.8, 4) is 22.6 Å². The summed E-state index contributed by atoms with van der Waals surface area (Å²) in [6.45, 7) is 2.11. The summed E-state index contributed by atoms with van der Waals surface area (Å²) in [6.07, 6.45) is 0.283. The standard InChI is InChI=1S/C28H24FNO2S/c1-2-33-25-15-8-20(9-16-25)18-28(31)30-23-14-17-26(21-10-12-22(29)13-11-21)27(19-23)32-24-6-4-3-5-7-24/h3-17,19H,2,18H2,1H3,(H,30,31). The van der Waals surface area contributed by atoms with Crippen LogP contribution in [0.15, 0.2) is 102 Å². The summed E-state index contributed by atoms with van der Waals surface area (Å²) >= 11 is 1.77. The highest BCUT2D eigenvalue weighted by Gasteiger charge is 2.12. The molecular weight excluding hydrogens is 433 g/mol. The molecule has 0 aliphatic rings. The molecule has 0 aliphatic heterocycles. The molecule has 0 spiro atoms. The second-order valence-electron chi connectivity index (χ2n) is 7.43. The Morgan fingerprint density at radius 1 is 0.909 bits per heavy atom. The Balaban J connectivity index is 1.54. The lowest BCUT2D eigenvalue weighted by molar-refractivity contribution is -0.115. The number of ether oxygens (including phenoxy) is 1. The molecule has 0 saturated carbocycles. The number of nitrogens with one attached hydrogen (secondary N) is 1. The molecule has 0 radical (unpaired) electrons. The van der Waals surface area contributed by atoms with Gasteiger partial charge in [-0.1, -0.05) is 49.4 Å². The number of thioether (sulfide) groups is 1. The molecule has 0 fully saturated rings. The first kappa shape index (κ1) is 22.6. The number of halogens is 1. The van der Waals surface area contributed by atoms with Gasteiger partial charge in [-0.05, 0) is 65.4 Å². The Morgan fingerprint density at radius 3 is 2.33 bits per heavy atom. The molecule has 0 saturated heterocycles. The number of amides is 1. The fourth-order valence-electron chi connectivity index (χ4n) is 3.43. The molecule has 5 heteroatoms. The third-order valence-electron chi connectivity index (χ3n) is 4.99. The average molecular weight is 458 g/mol. The number of rotatable bonds is 8. The average Bonchev–Trinajstić information content (AvgIpc) is 2.82. The molecule has 3 nitrogen and oxygen atoms in total. The lowest BCUT2D eigenvalue weighted by Crippen LogP contribution is -2.14. The van der Waals surface area contributed by atoms with Gasteiger partial charge in [0, 0.05) is 22.2 Å². The van der Waals surface area contributed by atoms with Crippen LogP contribution < -0.4 is 10.1 Å². The van der Waals surface area contributed by atoms with Crippen LogP contribution in [-0.2, 0) is 11.2 Å². The van der Waals surface area contributed by atoms with Crippen LogP contribution in [0.2, 0.25) is 0 Å². The summed E-state index contributed by atoms with van der Waals surface area (Å²) in [4.78, 5) is 13.9. The molecule has 4 aromatic carbocycles. The van der Waals surface area contributed by atoms with Crippen LogP contribution in [0.1, 0.15) is 12.5 Å². The van der Waals surface area contributed by atoms with Crippen LogP contribution in [0, 0.1) is 5.82 Å². The minimum Gasteiger partial charge on any atom is -0.457 e. The minimum atomic E-state index is -0.297. The van der Waals surface area contributed by atoms with E-state index in [9.17, 15) is 9.18 Å². The normalized spacial score (nSPS) is 10.6. The second kappa shape index (κ2) is 10.8. The number of carbonyl (C=O) groups excluding carboxylic acids is 1. The van der Waals surface area contributed by atoms with Crippen molar-refractivity contribution in [2.75, 3.05) is 11.1 Å². The topological polar surface area (TPSA) is 38.3 Å². The Labute approximate surface area is 197 Å². The van der Waals surface area contributed by atoms with Gasteiger partial charge in [-0.2, -0.15) is 0 Å². The van der Waals surface area contributed by atoms with Crippen molar-refractivity contribution < 1.29 is 13.9 Å². The molecular formula is C28H24FNO2S. The monoisotopic (exact) mass is 457 g/mol. The zero-order valence-electron chi connectivity index (χ0n) is 18.3. The van der Waals surface area contributed by atoms with E-state index in [2.05, 4.69) is 12.2 Å². The first-order chi connectivity index (χ1) is 16.1. The fraction of sp³-hybridized carbons (Fsp3) is 0.107. The highest BCUT2D eigenvalue weighted by atomic mass is 32.2. The Kier molecular flexibility index (Phi) is 7.43. The van der Waals surface area contributed by atoms with Gasteiger partial charge in [0.25, 0.3) is 0 Å². The third-order valence-corrected chi connectivity index (χ3v) is 5.88. The van der Waals surface area contributed by atoms with Gasteiger partial charge < -0.3 is 10.1 Å². The zero-order valence-corrected chi connectivity index (χ0v) is 19.1. The van der Waals surface area contributed by atoms with Crippen molar-refractivity contribution in [2.24, 2.45) is 0 Å². The van der Waals surface area contributed by atoms with Gasteiger partial charge in [-0.3, -0.25) is 4.79 Å². The summed E-state index contributed by atoms with van der Waals surface area (Å²) in [5.41, 5.74) is 3.22. The number of carbonyl (C=O) groups is 1. The molecule has 4 aromatic rings. The third kappa shape index (κ3) is 6.24. The summed E-state index contributed by atoms with van der Waals surface area (Å²) in [7, 11) is 0. The van der Waals surface area contributed by atoms with E-state index < -0.39 is 0 Å². The Morgan fingerprint density at radius 2 is 1.64 bits per heavy atom. The van der Waals surface area contributed by atoms with Gasteiger partial charge in [0.05, 0.1) is 6.42 Å². The number of hydrogen-bond acceptors (Lipinski definition) is 3. The predicted molar refractivity (Wildman–Crippen MR) is 134 cm³/mol. The number of benzene rings is 4. The quantitative estimate of drug-likeness (QED) is 0.277. The molecule has 0 aromatic heterocycles. The van der Waals surface area contributed by atoms with Crippen molar-refractivity contribution in [1.82, 2.24) is 0 Å². The van der Waals surface area contributed by atoms with Crippen molar-refractivity contribution in [3.05, 3.63) is 108 Å². The van der Waals surface area contributed by atoms with Crippen LogP contribution in [0.5, 0.6) is 11.5 Å². The Bertz CT molecular complexity index is 1210. The van der Waals surface area contributed by atoms with Crippen molar-refractivity contribution in [1.29, 1.82) is 0 Å². The van der Waals surface area contributed by atoms with Gasteiger partial charge >= 0.3 is 0 Å². The van der Waals surface area contributed by atoms with Crippen LogP contribution in [0.4, 0.5) is 10.1 Å². The van der Waals surface area contributed by atoms with Crippen LogP contribution in [0.3, 0.4) is 0 Å². The predicted octanol–water partition coefficient (Wildman–Crippen LogP) is 7.58. The van der Waals surface area contributed by atoms with Crippen LogP contribution >= 0.6 is 11.8 Å². The molecule has 1 N–H and O–H groups in total. The maximum absolute atomic E-state index is 13.4. The lowest BCUT2D eigenvalue weighted by atomic mass is 10.0. The zero-order chi connectivity index (χ0) is 23.0. The SMILES string of the molecule is CCSc1ccc(CC(=O)Nc2ccc(-c3ccc(F)cc3)c(Oc3ccccc3)c2)cc1. The highest BCUT2D eigenvalue weighted by molar-refractivity contribution is 7.99. The van der Waals surface area contributed by atoms with Crippen LogP contribution in [-0.4, -0.2) is 11.7 Å². The van der Waals surface area contributed by atoms with E-state index in [1.54, 1.807) is 30.0 Å². The smallest absolute Gasteiger partial charge is 0.228 e. The van der Waals surface area contributed by atoms with Gasteiger partial charge in [0.15, 0.2) is 0 Å². The van der Waals surface area contributed by atoms with E-state index in [1.165, 1.54) is 17.0 Å². The molecule has 0 heterocycles. The van der Waals surface area contributed by atoms with Gasteiger partial charge in [-0.15, -0.1) is 11.8 Å². The van der Waals surface area contributed by atoms with E-state index in [0.717, 1.165) is 22.4 Å². The molecule has 166 valence electrons. The second-order valence-corrected chi connectivity index (χ2v) is 8.77. The first-order valence-corrected chi connectivity index (χ1v) is 11.7. The van der Waals surface area contributed by atoms with Crippen LogP contribution in [0.25, 0.3) is 11.1 Å². The van der Waals surface area contributed by atoms with Gasteiger partial charge in [-0.25, -0.2) is 4.39 Å². The summed E-state index contributed by atoms with van der Waals surface area (Å²) in [5, 5.41) is 2.96. The largest absolute Gasteiger partial charge is 0.457 e. The van der Waals surface area contributed by atoms with Gasteiger partial charge in [0.1, 0.15) is 17.3 Å². The Hall–Kier alpha value is -3.57. The minimum absolute atomic E-state index is 0.105. The first-order valence-electron chi connectivity index (χ1n) is 10.7. The molecule has 1 amide bonds. The summed E-state index contributed by atoms with van der Waals surface area (Å²) < 4.78 is 19.5. The van der Waals surface area contributed by atoms with E-state index >= 15 is 0 Å². The molecule has 0 unspecified atom stereocenters. The van der Waals surface area contributed by atoms with E-state index in [1.807, 2.05) is 66.7 Å². The fourth-order valence-corrected chi connectivity index (χ4v) is 4.09. The molecule has 0 atom stereocenters.